The van der Waals surface area contributed by atoms with Crippen molar-refractivity contribution in [1.29, 1.82) is 0 Å². The normalized spacial score (nSPS) is 21.3. The van der Waals surface area contributed by atoms with E-state index in [4.69, 9.17) is 9.47 Å². The quantitative estimate of drug-likeness (QED) is 0.659. The molecule has 1 fully saturated rings. The molecule has 0 aromatic carbocycles. The van der Waals surface area contributed by atoms with Crippen LogP contribution in [-0.4, -0.2) is 63.5 Å². The molecule has 0 amide bonds. The SMILES string of the molecule is CCNC[C@@H]1CN(CCOCCCC(C)(C)C)CCO1. The van der Waals surface area contributed by atoms with E-state index in [1.54, 1.807) is 0 Å². The number of rotatable bonds is 9. The Bertz CT molecular complexity index is 241. The van der Waals surface area contributed by atoms with Gasteiger partial charge in [0.05, 0.1) is 19.3 Å². The summed E-state index contributed by atoms with van der Waals surface area (Å²) < 4.78 is 11.5. The molecule has 0 spiro atoms. The number of morpholine rings is 1. The number of nitrogens with zero attached hydrogens (tertiary/aromatic N) is 1. The van der Waals surface area contributed by atoms with Crippen LogP contribution >= 0.6 is 0 Å². The van der Waals surface area contributed by atoms with Crippen molar-refractivity contribution in [2.45, 2.75) is 46.6 Å². The third kappa shape index (κ3) is 8.90. The highest BCUT2D eigenvalue weighted by Crippen LogP contribution is 2.20. The molecule has 0 bridgehead atoms. The van der Waals surface area contributed by atoms with Gasteiger partial charge in [0, 0.05) is 32.8 Å². The van der Waals surface area contributed by atoms with Gasteiger partial charge in [0.15, 0.2) is 0 Å². The van der Waals surface area contributed by atoms with Gasteiger partial charge in [-0.3, -0.25) is 4.90 Å². The van der Waals surface area contributed by atoms with E-state index in [-0.39, 0.29) is 0 Å². The molecule has 0 aliphatic carbocycles. The van der Waals surface area contributed by atoms with E-state index in [2.05, 4.69) is 37.9 Å². The zero-order valence-electron chi connectivity index (χ0n) is 13.9. The Balaban J connectivity index is 2.01. The zero-order chi connectivity index (χ0) is 14.8. The van der Waals surface area contributed by atoms with Crippen molar-refractivity contribution < 1.29 is 9.47 Å². The summed E-state index contributed by atoms with van der Waals surface area (Å²) in [6, 6.07) is 0. The average Bonchev–Trinajstić information content (AvgIpc) is 2.40. The average molecular weight is 286 g/mol. The Morgan fingerprint density at radius 1 is 1.30 bits per heavy atom. The molecule has 1 heterocycles. The molecule has 1 atom stereocenters. The maximum absolute atomic E-state index is 5.75. The molecule has 0 aromatic rings. The van der Waals surface area contributed by atoms with Gasteiger partial charge in [-0.15, -0.1) is 0 Å². The smallest absolute Gasteiger partial charge is 0.0826 e. The first-order chi connectivity index (χ1) is 9.51. The zero-order valence-corrected chi connectivity index (χ0v) is 13.9. The van der Waals surface area contributed by atoms with Crippen LogP contribution in [0.4, 0.5) is 0 Å². The fourth-order valence-electron chi connectivity index (χ4n) is 2.41. The Labute approximate surface area is 125 Å². The molecule has 1 saturated heterocycles. The fraction of sp³-hybridized carbons (Fsp3) is 1.00. The monoisotopic (exact) mass is 286 g/mol. The first kappa shape index (κ1) is 17.9. The summed E-state index contributed by atoms with van der Waals surface area (Å²) in [4.78, 5) is 2.45. The third-order valence-corrected chi connectivity index (χ3v) is 3.61. The second-order valence-corrected chi connectivity index (χ2v) is 6.88. The second kappa shape index (κ2) is 9.72. The van der Waals surface area contributed by atoms with Gasteiger partial charge in [-0.1, -0.05) is 27.7 Å². The van der Waals surface area contributed by atoms with Crippen LogP contribution in [0.15, 0.2) is 0 Å². The van der Waals surface area contributed by atoms with Crippen LogP contribution in [0, 0.1) is 5.41 Å². The minimum Gasteiger partial charge on any atom is -0.380 e. The maximum Gasteiger partial charge on any atom is 0.0826 e. The van der Waals surface area contributed by atoms with Crippen LogP contribution in [-0.2, 0) is 9.47 Å². The fourth-order valence-corrected chi connectivity index (χ4v) is 2.41. The minimum absolute atomic E-state index is 0.338. The highest BCUT2D eigenvalue weighted by atomic mass is 16.5. The van der Waals surface area contributed by atoms with E-state index in [0.717, 1.165) is 59.0 Å². The lowest BCUT2D eigenvalue weighted by molar-refractivity contribution is -0.0349. The molecule has 120 valence electrons. The summed E-state index contributed by atoms with van der Waals surface area (Å²) in [5.41, 5.74) is 0.424. The Morgan fingerprint density at radius 3 is 2.80 bits per heavy atom. The summed E-state index contributed by atoms with van der Waals surface area (Å²) in [5, 5.41) is 3.35. The summed E-state index contributed by atoms with van der Waals surface area (Å²) in [6.45, 7) is 16.6. The van der Waals surface area contributed by atoms with Gasteiger partial charge in [0.25, 0.3) is 0 Å². The lowest BCUT2D eigenvalue weighted by atomic mass is 9.91. The van der Waals surface area contributed by atoms with Crippen molar-refractivity contribution in [3.63, 3.8) is 0 Å². The largest absolute Gasteiger partial charge is 0.380 e. The number of likely N-dealkylation sites (N-methyl/N-ethyl adjacent to an activating group) is 1. The molecule has 0 unspecified atom stereocenters. The number of hydrogen-bond donors (Lipinski definition) is 1. The van der Waals surface area contributed by atoms with Gasteiger partial charge in [0.1, 0.15) is 0 Å². The summed E-state index contributed by atoms with van der Waals surface area (Å²) >= 11 is 0. The van der Waals surface area contributed by atoms with Crippen molar-refractivity contribution in [2.75, 3.05) is 52.5 Å². The van der Waals surface area contributed by atoms with Gasteiger partial charge in [-0.2, -0.15) is 0 Å². The highest BCUT2D eigenvalue weighted by Gasteiger charge is 2.19. The lowest BCUT2D eigenvalue weighted by Gasteiger charge is -2.32. The van der Waals surface area contributed by atoms with Gasteiger partial charge in [0.2, 0.25) is 0 Å². The molecule has 1 rings (SSSR count). The van der Waals surface area contributed by atoms with Crippen molar-refractivity contribution >= 4 is 0 Å². The van der Waals surface area contributed by atoms with Gasteiger partial charge in [-0.25, -0.2) is 0 Å². The van der Waals surface area contributed by atoms with Crippen molar-refractivity contribution in [3.8, 4) is 0 Å². The molecule has 4 nitrogen and oxygen atoms in total. The van der Waals surface area contributed by atoms with E-state index < -0.39 is 0 Å². The summed E-state index contributed by atoms with van der Waals surface area (Å²) in [6.07, 6.45) is 2.73. The Hall–Kier alpha value is -0.160. The molecule has 20 heavy (non-hydrogen) atoms. The molecule has 1 aliphatic rings. The third-order valence-electron chi connectivity index (χ3n) is 3.61. The number of nitrogens with one attached hydrogen (secondary N) is 1. The Morgan fingerprint density at radius 2 is 2.10 bits per heavy atom. The predicted octanol–water partition coefficient (Wildman–Crippen LogP) is 2.14. The molecule has 0 saturated carbocycles. The standard InChI is InChI=1S/C16H34N2O2/c1-5-17-13-15-14-18(9-12-20-15)8-11-19-10-6-7-16(2,3)4/h15,17H,5-14H2,1-4H3/t15-/m1/s1. The molecule has 0 radical (unpaired) electrons. The molecular formula is C16H34N2O2. The van der Waals surface area contributed by atoms with Crippen LogP contribution < -0.4 is 5.32 Å². The van der Waals surface area contributed by atoms with Gasteiger partial charge < -0.3 is 14.8 Å². The summed E-state index contributed by atoms with van der Waals surface area (Å²) in [5.74, 6) is 0. The van der Waals surface area contributed by atoms with E-state index in [9.17, 15) is 0 Å². The van der Waals surface area contributed by atoms with Crippen LogP contribution in [0.5, 0.6) is 0 Å². The maximum atomic E-state index is 5.75. The van der Waals surface area contributed by atoms with E-state index >= 15 is 0 Å². The lowest BCUT2D eigenvalue weighted by Crippen LogP contribution is -2.47. The second-order valence-electron chi connectivity index (χ2n) is 6.88. The molecule has 4 heteroatoms. The topological polar surface area (TPSA) is 33.7 Å². The first-order valence-electron chi connectivity index (χ1n) is 8.13. The predicted molar refractivity (Wildman–Crippen MR) is 84.2 cm³/mol. The van der Waals surface area contributed by atoms with Crippen LogP contribution in [0.25, 0.3) is 0 Å². The highest BCUT2D eigenvalue weighted by molar-refractivity contribution is 4.73. The van der Waals surface area contributed by atoms with E-state index in [0.29, 0.717) is 11.5 Å². The van der Waals surface area contributed by atoms with Gasteiger partial charge >= 0.3 is 0 Å². The van der Waals surface area contributed by atoms with E-state index in [1.165, 1.54) is 6.42 Å². The van der Waals surface area contributed by atoms with E-state index in [1.807, 2.05) is 0 Å². The molecule has 0 aromatic heterocycles. The Kier molecular flexibility index (Phi) is 8.69. The van der Waals surface area contributed by atoms with Crippen molar-refractivity contribution in [3.05, 3.63) is 0 Å². The van der Waals surface area contributed by atoms with Crippen molar-refractivity contribution in [2.24, 2.45) is 5.41 Å². The number of ether oxygens (including phenoxy) is 2. The molecule has 1 aliphatic heterocycles. The van der Waals surface area contributed by atoms with Crippen LogP contribution in [0.1, 0.15) is 40.5 Å². The molecular weight excluding hydrogens is 252 g/mol. The molecule has 1 N–H and O–H groups in total. The van der Waals surface area contributed by atoms with Gasteiger partial charge in [-0.05, 0) is 24.8 Å². The van der Waals surface area contributed by atoms with Crippen LogP contribution in [0.2, 0.25) is 0 Å². The first-order valence-corrected chi connectivity index (χ1v) is 8.13. The minimum atomic E-state index is 0.338. The number of hydrogen-bond acceptors (Lipinski definition) is 4. The van der Waals surface area contributed by atoms with Crippen LogP contribution in [0.3, 0.4) is 0 Å². The summed E-state index contributed by atoms with van der Waals surface area (Å²) in [7, 11) is 0. The van der Waals surface area contributed by atoms with Crippen molar-refractivity contribution in [1.82, 2.24) is 10.2 Å².